The summed E-state index contributed by atoms with van der Waals surface area (Å²) in [4.78, 5) is 0. The molecule has 1 aliphatic carbocycles. The summed E-state index contributed by atoms with van der Waals surface area (Å²) >= 11 is 0. The molecule has 1 aliphatic rings. The molecule has 0 unspecified atom stereocenters. The number of hydrogen-bond acceptors (Lipinski definition) is 2. The first-order chi connectivity index (χ1) is 8.04. The van der Waals surface area contributed by atoms with Gasteiger partial charge in [-0.2, -0.15) is 0 Å². The third kappa shape index (κ3) is 3.82. The SMILES string of the molecule is NS(=O)(=O)Cc1ccc(C2CCCCC2)cc1. The Labute approximate surface area is 103 Å². The van der Waals surface area contributed by atoms with Gasteiger partial charge in [0, 0.05) is 0 Å². The van der Waals surface area contributed by atoms with E-state index in [1.165, 1.54) is 37.7 Å². The van der Waals surface area contributed by atoms with E-state index in [2.05, 4.69) is 12.1 Å². The second-order valence-electron chi connectivity index (χ2n) is 4.88. The van der Waals surface area contributed by atoms with E-state index in [0.29, 0.717) is 5.92 Å². The zero-order valence-electron chi connectivity index (χ0n) is 9.93. The highest BCUT2D eigenvalue weighted by molar-refractivity contribution is 7.88. The minimum atomic E-state index is -3.41. The highest BCUT2D eigenvalue weighted by Crippen LogP contribution is 2.32. The lowest BCUT2D eigenvalue weighted by Gasteiger charge is -2.22. The molecule has 0 atom stereocenters. The minimum Gasteiger partial charge on any atom is -0.228 e. The molecule has 0 heterocycles. The number of benzene rings is 1. The number of rotatable bonds is 3. The van der Waals surface area contributed by atoms with Gasteiger partial charge in [-0.1, -0.05) is 43.5 Å². The average Bonchev–Trinajstić information content (AvgIpc) is 2.29. The predicted octanol–water partition coefficient (Wildman–Crippen LogP) is 2.52. The molecule has 0 aromatic heterocycles. The summed E-state index contributed by atoms with van der Waals surface area (Å²) in [5, 5.41) is 5.02. The molecule has 0 radical (unpaired) electrons. The Kier molecular flexibility index (Phi) is 3.84. The molecule has 1 aromatic rings. The molecule has 0 aliphatic heterocycles. The standard InChI is InChI=1S/C13H19NO2S/c14-17(15,16)10-11-6-8-13(9-7-11)12-4-2-1-3-5-12/h6-9,12H,1-5,10H2,(H2,14,15,16). The summed E-state index contributed by atoms with van der Waals surface area (Å²) in [5.41, 5.74) is 2.11. The highest BCUT2D eigenvalue weighted by Gasteiger charge is 2.15. The Morgan fingerprint density at radius 3 is 2.18 bits per heavy atom. The van der Waals surface area contributed by atoms with Crippen molar-refractivity contribution in [1.82, 2.24) is 0 Å². The number of hydrogen-bond donors (Lipinski definition) is 1. The second kappa shape index (κ2) is 5.19. The van der Waals surface area contributed by atoms with Crippen LogP contribution < -0.4 is 5.14 Å². The first-order valence-electron chi connectivity index (χ1n) is 6.14. The fourth-order valence-corrected chi connectivity index (χ4v) is 3.21. The molecule has 2 rings (SSSR count). The van der Waals surface area contributed by atoms with Crippen LogP contribution in [-0.4, -0.2) is 8.42 Å². The Morgan fingerprint density at radius 1 is 1.06 bits per heavy atom. The molecule has 1 saturated carbocycles. The highest BCUT2D eigenvalue weighted by atomic mass is 32.2. The Hall–Kier alpha value is -0.870. The molecule has 1 aromatic carbocycles. The molecule has 94 valence electrons. The van der Waals surface area contributed by atoms with Crippen molar-refractivity contribution in [2.24, 2.45) is 5.14 Å². The van der Waals surface area contributed by atoms with Gasteiger partial charge in [0.1, 0.15) is 0 Å². The van der Waals surface area contributed by atoms with Gasteiger partial charge < -0.3 is 0 Å². The smallest absolute Gasteiger partial charge is 0.213 e. The van der Waals surface area contributed by atoms with E-state index < -0.39 is 10.0 Å². The number of nitrogens with two attached hydrogens (primary N) is 1. The van der Waals surface area contributed by atoms with E-state index in [-0.39, 0.29) is 5.75 Å². The van der Waals surface area contributed by atoms with Crippen molar-refractivity contribution in [1.29, 1.82) is 0 Å². The van der Waals surface area contributed by atoms with Gasteiger partial charge in [0.2, 0.25) is 10.0 Å². The Bertz CT molecular complexity index is 459. The minimum absolute atomic E-state index is 0.0715. The van der Waals surface area contributed by atoms with Crippen LogP contribution in [0.3, 0.4) is 0 Å². The van der Waals surface area contributed by atoms with Gasteiger partial charge in [-0.25, -0.2) is 13.6 Å². The zero-order valence-corrected chi connectivity index (χ0v) is 10.7. The van der Waals surface area contributed by atoms with Gasteiger partial charge in [-0.05, 0) is 29.9 Å². The summed E-state index contributed by atoms with van der Waals surface area (Å²) in [6, 6.07) is 7.87. The molecular formula is C13H19NO2S. The maximum atomic E-state index is 11.0. The van der Waals surface area contributed by atoms with Crippen molar-refractivity contribution >= 4 is 10.0 Å². The molecule has 3 nitrogen and oxygen atoms in total. The molecule has 0 spiro atoms. The van der Waals surface area contributed by atoms with Crippen LogP contribution >= 0.6 is 0 Å². The third-order valence-electron chi connectivity index (χ3n) is 3.42. The lowest BCUT2D eigenvalue weighted by atomic mass is 9.84. The van der Waals surface area contributed by atoms with Crippen molar-refractivity contribution in [3.05, 3.63) is 35.4 Å². The van der Waals surface area contributed by atoms with Crippen molar-refractivity contribution in [2.75, 3.05) is 0 Å². The molecule has 0 amide bonds. The fourth-order valence-electron chi connectivity index (χ4n) is 2.55. The van der Waals surface area contributed by atoms with Crippen LogP contribution in [0.4, 0.5) is 0 Å². The average molecular weight is 253 g/mol. The van der Waals surface area contributed by atoms with E-state index in [9.17, 15) is 8.42 Å². The summed E-state index contributed by atoms with van der Waals surface area (Å²) in [5.74, 6) is 0.588. The van der Waals surface area contributed by atoms with Crippen LogP contribution in [-0.2, 0) is 15.8 Å². The first kappa shape index (κ1) is 12.6. The summed E-state index contributed by atoms with van der Waals surface area (Å²) in [7, 11) is -3.41. The monoisotopic (exact) mass is 253 g/mol. The molecular weight excluding hydrogens is 234 g/mol. The number of primary sulfonamides is 1. The van der Waals surface area contributed by atoms with E-state index in [4.69, 9.17) is 5.14 Å². The molecule has 2 N–H and O–H groups in total. The lowest BCUT2D eigenvalue weighted by molar-refractivity contribution is 0.443. The van der Waals surface area contributed by atoms with Crippen LogP contribution in [0.2, 0.25) is 0 Å². The van der Waals surface area contributed by atoms with Crippen LogP contribution in [0.1, 0.15) is 49.1 Å². The number of sulfonamides is 1. The second-order valence-corrected chi connectivity index (χ2v) is 6.50. The van der Waals surface area contributed by atoms with Crippen molar-refractivity contribution < 1.29 is 8.42 Å². The molecule has 1 fully saturated rings. The Morgan fingerprint density at radius 2 is 1.65 bits per heavy atom. The molecule has 4 heteroatoms. The zero-order chi connectivity index (χ0) is 12.3. The van der Waals surface area contributed by atoms with Crippen LogP contribution in [0, 0.1) is 0 Å². The van der Waals surface area contributed by atoms with Crippen molar-refractivity contribution in [3.63, 3.8) is 0 Å². The van der Waals surface area contributed by atoms with Gasteiger partial charge in [-0.15, -0.1) is 0 Å². The molecule has 0 bridgehead atoms. The van der Waals surface area contributed by atoms with Crippen molar-refractivity contribution in [3.8, 4) is 0 Å². The summed E-state index contributed by atoms with van der Waals surface area (Å²) < 4.78 is 21.9. The van der Waals surface area contributed by atoms with Gasteiger partial charge in [0.25, 0.3) is 0 Å². The fraction of sp³-hybridized carbons (Fsp3) is 0.538. The first-order valence-corrected chi connectivity index (χ1v) is 7.85. The Balaban J connectivity index is 2.07. The van der Waals surface area contributed by atoms with Gasteiger partial charge in [0.15, 0.2) is 0 Å². The van der Waals surface area contributed by atoms with E-state index >= 15 is 0 Å². The third-order valence-corrected chi connectivity index (χ3v) is 4.16. The van der Waals surface area contributed by atoms with Gasteiger partial charge >= 0.3 is 0 Å². The predicted molar refractivity (Wildman–Crippen MR) is 69.1 cm³/mol. The van der Waals surface area contributed by atoms with Gasteiger partial charge in [0.05, 0.1) is 5.75 Å². The van der Waals surface area contributed by atoms with Crippen molar-refractivity contribution in [2.45, 2.75) is 43.8 Å². The summed E-state index contributed by atoms with van der Waals surface area (Å²) in [6.07, 6.45) is 6.48. The largest absolute Gasteiger partial charge is 0.228 e. The molecule has 17 heavy (non-hydrogen) atoms. The topological polar surface area (TPSA) is 60.2 Å². The van der Waals surface area contributed by atoms with E-state index in [1.54, 1.807) is 0 Å². The van der Waals surface area contributed by atoms with E-state index in [1.807, 2.05) is 12.1 Å². The maximum absolute atomic E-state index is 11.0. The summed E-state index contributed by atoms with van der Waals surface area (Å²) in [6.45, 7) is 0. The van der Waals surface area contributed by atoms with Crippen LogP contribution in [0.5, 0.6) is 0 Å². The maximum Gasteiger partial charge on any atom is 0.213 e. The van der Waals surface area contributed by atoms with E-state index in [0.717, 1.165) is 5.56 Å². The van der Waals surface area contributed by atoms with Crippen LogP contribution in [0.25, 0.3) is 0 Å². The molecule has 0 saturated heterocycles. The quantitative estimate of drug-likeness (QED) is 0.899. The van der Waals surface area contributed by atoms with Gasteiger partial charge in [-0.3, -0.25) is 0 Å². The lowest BCUT2D eigenvalue weighted by Crippen LogP contribution is -2.14. The van der Waals surface area contributed by atoms with Crippen LogP contribution in [0.15, 0.2) is 24.3 Å². The normalized spacial score (nSPS) is 18.2.